The van der Waals surface area contributed by atoms with Gasteiger partial charge in [0.05, 0.1) is 0 Å². The summed E-state index contributed by atoms with van der Waals surface area (Å²) in [5.41, 5.74) is 6.08. The van der Waals surface area contributed by atoms with Crippen LogP contribution in [0.15, 0.2) is 16.8 Å². The third-order valence-corrected chi connectivity index (χ3v) is 0.996. The Balaban J connectivity index is 2.69. The van der Waals surface area contributed by atoms with Crippen molar-refractivity contribution in [3.63, 3.8) is 0 Å². The Labute approximate surface area is 53.1 Å². The summed E-state index contributed by atoms with van der Waals surface area (Å²) < 4.78 is 0. The Morgan fingerprint density at radius 3 is 3.00 bits per heavy atom. The SMILES string of the molecule is CC1=CC(O)N=C(N)N1. The summed E-state index contributed by atoms with van der Waals surface area (Å²) >= 11 is 0. The maximum absolute atomic E-state index is 8.87. The van der Waals surface area contributed by atoms with Crippen LogP contribution in [-0.4, -0.2) is 17.3 Å². The van der Waals surface area contributed by atoms with Crippen LogP contribution >= 0.6 is 0 Å². The van der Waals surface area contributed by atoms with E-state index in [-0.39, 0.29) is 5.96 Å². The smallest absolute Gasteiger partial charge is 0.195 e. The summed E-state index contributed by atoms with van der Waals surface area (Å²) in [6.07, 6.45) is 0.808. The molecule has 1 rings (SSSR count). The second-order valence-corrected chi connectivity index (χ2v) is 1.90. The normalized spacial score (nSPS) is 26.2. The lowest BCUT2D eigenvalue weighted by molar-refractivity contribution is 0.230. The summed E-state index contributed by atoms with van der Waals surface area (Å²) in [5, 5.41) is 11.6. The molecule has 0 aromatic carbocycles. The van der Waals surface area contributed by atoms with Crippen molar-refractivity contribution in [2.24, 2.45) is 10.7 Å². The van der Waals surface area contributed by atoms with Crippen LogP contribution in [-0.2, 0) is 0 Å². The van der Waals surface area contributed by atoms with E-state index in [1.165, 1.54) is 0 Å². The summed E-state index contributed by atoms with van der Waals surface area (Å²) in [4.78, 5) is 3.60. The Morgan fingerprint density at radius 1 is 1.89 bits per heavy atom. The van der Waals surface area contributed by atoms with Crippen molar-refractivity contribution in [1.82, 2.24) is 5.32 Å². The van der Waals surface area contributed by atoms with E-state index < -0.39 is 6.23 Å². The molecular formula is C5H9N3O. The number of nitrogens with zero attached hydrogens (tertiary/aromatic N) is 1. The van der Waals surface area contributed by atoms with Crippen LogP contribution in [0.4, 0.5) is 0 Å². The monoisotopic (exact) mass is 127 g/mol. The van der Waals surface area contributed by atoms with Crippen molar-refractivity contribution >= 4 is 5.96 Å². The van der Waals surface area contributed by atoms with E-state index in [1.54, 1.807) is 6.08 Å². The fourth-order valence-corrected chi connectivity index (χ4v) is 0.679. The summed E-state index contributed by atoms with van der Waals surface area (Å²) in [5.74, 6) is 0.266. The molecule has 1 aliphatic heterocycles. The molecule has 0 aliphatic carbocycles. The number of allylic oxidation sites excluding steroid dienone is 1. The maximum Gasteiger partial charge on any atom is 0.195 e. The molecule has 50 valence electrons. The Morgan fingerprint density at radius 2 is 2.56 bits per heavy atom. The van der Waals surface area contributed by atoms with E-state index in [0.29, 0.717) is 0 Å². The lowest BCUT2D eigenvalue weighted by Gasteiger charge is -2.12. The largest absolute Gasteiger partial charge is 0.370 e. The molecule has 1 heterocycles. The van der Waals surface area contributed by atoms with Crippen LogP contribution in [0.5, 0.6) is 0 Å². The third-order valence-electron chi connectivity index (χ3n) is 0.996. The highest BCUT2D eigenvalue weighted by atomic mass is 16.3. The van der Waals surface area contributed by atoms with E-state index in [2.05, 4.69) is 10.3 Å². The van der Waals surface area contributed by atoms with E-state index in [1.807, 2.05) is 6.92 Å². The van der Waals surface area contributed by atoms with Gasteiger partial charge < -0.3 is 16.2 Å². The second kappa shape index (κ2) is 2.06. The molecule has 0 radical (unpaired) electrons. The molecule has 0 amide bonds. The molecule has 4 heteroatoms. The molecule has 9 heavy (non-hydrogen) atoms. The summed E-state index contributed by atoms with van der Waals surface area (Å²) in [7, 11) is 0. The van der Waals surface area contributed by atoms with Gasteiger partial charge in [0.2, 0.25) is 0 Å². The number of nitrogens with one attached hydrogen (secondary N) is 1. The molecule has 0 aromatic rings. The van der Waals surface area contributed by atoms with Gasteiger partial charge in [-0.2, -0.15) is 0 Å². The first-order valence-electron chi connectivity index (χ1n) is 2.65. The van der Waals surface area contributed by atoms with Gasteiger partial charge in [-0.25, -0.2) is 4.99 Å². The number of rotatable bonds is 0. The summed E-state index contributed by atoms with van der Waals surface area (Å²) in [6, 6.07) is 0. The van der Waals surface area contributed by atoms with E-state index >= 15 is 0 Å². The molecule has 0 bridgehead atoms. The minimum atomic E-state index is -0.772. The topological polar surface area (TPSA) is 70.6 Å². The van der Waals surface area contributed by atoms with Gasteiger partial charge in [-0.15, -0.1) is 0 Å². The van der Waals surface area contributed by atoms with Crippen molar-refractivity contribution in [1.29, 1.82) is 0 Å². The number of guanidine groups is 1. The van der Waals surface area contributed by atoms with Gasteiger partial charge in [0.25, 0.3) is 0 Å². The zero-order chi connectivity index (χ0) is 6.85. The molecule has 1 atom stereocenters. The molecule has 1 aliphatic rings. The van der Waals surface area contributed by atoms with Crippen LogP contribution in [0.25, 0.3) is 0 Å². The number of hydrogen-bond donors (Lipinski definition) is 3. The van der Waals surface area contributed by atoms with Crippen LogP contribution in [0.3, 0.4) is 0 Å². The predicted molar refractivity (Wildman–Crippen MR) is 34.5 cm³/mol. The van der Waals surface area contributed by atoms with Crippen LogP contribution in [0, 0.1) is 0 Å². The molecule has 0 spiro atoms. The molecule has 4 nitrogen and oxygen atoms in total. The predicted octanol–water partition coefficient (Wildman–Crippen LogP) is -0.874. The number of aliphatic imine (C=N–C) groups is 1. The van der Waals surface area contributed by atoms with Crippen molar-refractivity contribution in [3.8, 4) is 0 Å². The van der Waals surface area contributed by atoms with E-state index in [4.69, 9.17) is 10.8 Å². The third kappa shape index (κ3) is 1.43. The standard InChI is InChI=1S/C5H9N3O/c1-3-2-4(9)8-5(6)7-3/h2,4,9H,1H3,(H3,6,7,8). The van der Waals surface area contributed by atoms with Gasteiger partial charge in [0.1, 0.15) is 0 Å². The molecule has 1 unspecified atom stereocenters. The highest BCUT2D eigenvalue weighted by molar-refractivity contribution is 5.80. The highest BCUT2D eigenvalue weighted by Gasteiger charge is 2.05. The molecule has 0 saturated carbocycles. The van der Waals surface area contributed by atoms with Gasteiger partial charge in [-0.05, 0) is 13.0 Å². The molecule has 0 aromatic heterocycles. The fourth-order valence-electron chi connectivity index (χ4n) is 0.679. The van der Waals surface area contributed by atoms with Crippen molar-refractivity contribution in [2.75, 3.05) is 0 Å². The van der Waals surface area contributed by atoms with Gasteiger partial charge >= 0.3 is 0 Å². The molecule has 0 fully saturated rings. The molecule has 0 saturated heterocycles. The number of aliphatic hydroxyl groups is 1. The number of hydrogen-bond acceptors (Lipinski definition) is 4. The van der Waals surface area contributed by atoms with Crippen LogP contribution < -0.4 is 11.1 Å². The fraction of sp³-hybridized carbons (Fsp3) is 0.400. The van der Waals surface area contributed by atoms with Gasteiger partial charge in [-0.3, -0.25) is 0 Å². The van der Waals surface area contributed by atoms with Crippen LogP contribution in [0.2, 0.25) is 0 Å². The van der Waals surface area contributed by atoms with Crippen LogP contribution in [0.1, 0.15) is 6.92 Å². The number of nitrogens with two attached hydrogens (primary N) is 1. The quantitative estimate of drug-likeness (QED) is 0.396. The lowest BCUT2D eigenvalue weighted by atomic mass is 10.4. The van der Waals surface area contributed by atoms with Gasteiger partial charge in [0.15, 0.2) is 12.2 Å². The average Bonchev–Trinajstić information content (AvgIpc) is 1.59. The molecule has 4 N–H and O–H groups in total. The van der Waals surface area contributed by atoms with Crippen molar-refractivity contribution in [3.05, 3.63) is 11.8 Å². The van der Waals surface area contributed by atoms with E-state index in [0.717, 1.165) is 5.70 Å². The van der Waals surface area contributed by atoms with Gasteiger partial charge in [-0.1, -0.05) is 0 Å². The highest BCUT2D eigenvalue weighted by Crippen LogP contribution is 1.98. The first-order chi connectivity index (χ1) is 4.18. The first-order valence-corrected chi connectivity index (χ1v) is 2.65. The Hall–Kier alpha value is -1.03. The first kappa shape index (κ1) is 6.10. The van der Waals surface area contributed by atoms with Gasteiger partial charge in [0, 0.05) is 5.70 Å². The average molecular weight is 127 g/mol. The zero-order valence-electron chi connectivity index (χ0n) is 5.13. The maximum atomic E-state index is 8.87. The second-order valence-electron chi connectivity index (χ2n) is 1.90. The van der Waals surface area contributed by atoms with E-state index in [9.17, 15) is 0 Å². The minimum absolute atomic E-state index is 0.266. The number of aliphatic hydroxyl groups excluding tert-OH is 1. The van der Waals surface area contributed by atoms with Crippen molar-refractivity contribution < 1.29 is 5.11 Å². The minimum Gasteiger partial charge on any atom is -0.370 e. The Bertz CT molecular complexity index is 155. The molecular weight excluding hydrogens is 118 g/mol. The zero-order valence-corrected chi connectivity index (χ0v) is 5.13. The Kier molecular flexibility index (Phi) is 1.40. The lowest BCUT2D eigenvalue weighted by Crippen LogP contribution is -2.34. The van der Waals surface area contributed by atoms with Crippen molar-refractivity contribution in [2.45, 2.75) is 13.2 Å². The summed E-state index contributed by atoms with van der Waals surface area (Å²) in [6.45, 7) is 1.81.